The van der Waals surface area contributed by atoms with Crippen LogP contribution in [0.4, 0.5) is 0 Å². The second kappa shape index (κ2) is 9.53. The maximum atomic E-state index is 12.9. The summed E-state index contributed by atoms with van der Waals surface area (Å²) in [6.07, 6.45) is 8.12. The van der Waals surface area contributed by atoms with Gasteiger partial charge in [0.05, 0.1) is 18.3 Å². The van der Waals surface area contributed by atoms with Gasteiger partial charge in [-0.25, -0.2) is 4.79 Å². The quantitative estimate of drug-likeness (QED) is 0.455. The number of likely N-dealkylation sites (tertiary alicyclic amines) is 1. The molecule has 0 radical (unpaired) electrons. The summed E-state index contributed by atoms with van der Waals surface area (Å²) in [4.78, 5) is 25.8. The SMILES string of the molecule is CC(CCC(=O)N1CC(O)C[C@@H]1C(=O)O)[C@H]1CCC2C3C(O)C[C@H]4C[C@H](O)CC[C@]4(C)C3CC[C@@]21C. The summed E-state index contributed by atoms with van der Waals surface area (Å²) in [5.74, 6) is 1.45. The highest BCUT2D eigenvalue weighted by molar-refractivity contribution is 5.84. The molecule has 1 aliphatic heterocycles. The number of hydrogen-bond acceptors (Lipinski definition) is 5. The Labute approximate surface area is 215 Å². The third kappa shape index (κ3) is 4.21. The molecule has 5 fully saturated rings. The fourth-order valence-corrected chi connectivity index (χ4v) is 10.2. The number of carboxylic acid groups (broad SMARTS) is 1. The molecule has 5 rings (SSSR count). The van der Waals surface area contributed by atoms with Crippen molar-refractivity contribution >= 4 is 11.9 Å². The molecule has 12 atom stereocenters. The normalized spacial score (nSPS) is 49.2. The van der Waals surface area contributed by atoms with Crippen molar-refractivity contribution < 1.29 is 30.0 Å². The Morgan fingerprint density at radius 2 is 1.61 bits per heavy atom. The van der Waals surface area contributed by atoms with Gasteiger partial charge < -0.3 is 25.3 Å². The molecule has 7 nitrogen and oxygen atoms in total. The van der Waals surface area contributed by atoms with Gasteiger partial charge in [0.15, 0.2) is 0 Å². The van der Waals surface area contributed by atoms with Gasteiger partial charge in [0, 0.05) is 19.4 Å². The first-order valence-electron chi connectivity index (χ1n) is 14.5. The minimum Gasteiger partial charge on any atom is -0.480 e. The van der Waals surface area contributed by atoms with Gasteiger partial charge in [0.1, 0.15) is 6.04 Å². The summed E-state index contributed by atoms with van der Waals surface area (Å²) in [5.41, 5.74) is 0.386. The average Bonchev–Trinajstić information content (AvgIpc) is 3.38. The predicted octanol–water partition coefficient (Wildman–Crippen LogP) is 3.44. The molecule has 0 aromatic carbocycles. The minimum atomic E-state index is -1.04. The number of aliphatic carboxylic acids is 1. The van der Waals surface area contributed by atoms with E-state index in [-0.39, 0.29) is 41.9 Å². The Morgan fingerprint density at radius 3 is 2.33 bits per heavy atom. The van der Waals surface area contributed by atoms with Gasteiger partial charge in [-0.1, -0.05) is 20.8 Å². The first-order valence-corrected chi connectivity index (χ1v) is 14.5. The highest BCUT2D eigenvalue weighted by atomic mass is 16.4. The summed E-state index contributed by atoms with van der Waals surface area (Å²) in [7, 11) is 0. The number of rotatable bonds is 5. The molecule has 1 saturated heterocycles. The van der Waals surface area contributed by atoms with Crippen molar-refractivity contribution in [2.75, 3.05) is 6.54 Å². The van der Waals surface area contributed by atoms with E-state index in [1.54, 1.807) is 0 Å². The van der Waals surface area contributed by atoms with E-state index in [1.165, 1.54) is 11.3 Å². The molecule has 0 spiro atoms. The Balaban J connectivity index is 1.25. The summed E-state index contributed by atoms with van der Waals surface area (Å²) < 4.78 is 0. The number of nitrogens with zero attached hydrogens (tertiary/aromatic N) is 1. The largest absolute Gasteiger partial charge is 0.480 e. The molecule has 0 bridgehead atoms. The van der Waals surface area contributed by atoms with Gasteiger partial charge in [-0.2, -0.15) is 0 Å². The third-order valence-corrected chi connectivity index (χ3v) is 12.1. The summed E-state index contributed by atoms with van der Waals surface area (Å²) in [5, 5.41) is 41.1. The second-order valence-corrected chi connectivity index (χ2v) is 13.8. The Kier molecular flexibility index (Phi) is 7.00. The van der Waals surface area contributed by atoms with Gasteiger partial charge in [-0.05, 0) is 104 Å². The van der Waals surface area contributed by atoms with Crippen molar-refractivity contribution in [2.24, 2.45) is 46.3 Å². The van der Waals surface area contributed by atoms with Crippen molar-refractivity contribution in [2.45, 2.75) is 116 Å². The average molecular weight is 506 g/mol. The molecule has 6 unspecified atom stereocenters. The van der Waals surface area contributed by atoms with Gasteiger partial charge in [-0.3, -0.25) is 4.79 Å². The monoisotopic (exact) mass is 505 g/mol. The van der Waals surface area contributed by atoms with E-state index in [4.69, 9.17) is 0 Å². The fourth-order valence-electron chi connectivity index (χ4n) is 10.2. The molecule has 1 heterocycles. The predicted molar refractivity (Wildman–Crippen MR) is 135 cm³/mol. The molecule has 1 amide bonds. The lowest BCUT2D eigenvalue weighted by atomic mass is 9.43. The van der Waals surface area contributed by atoms with Crippen LogP contribution in [-0.2, 0) is 9.59 Å². The standard InChI is InChI=1S/C29H47NO6/c1-16(4-7-25(34)30-15-19(32)14-23(30)27(35)36)20-5-6-21-26-22(9-11-29(20,21)3)28(2)10-8-18(31)12-17(28)13-24(26)33/h16-24,26,31-33H,4-15H2,1-3H3,(H,35,36)/t16?,17-,18-,19?,20-,21?,22?,23-,24?,26?,28+,29-/m1/s1. The van der Waals surface area contributed by atoms with Crippen LogP contribution in [0.1, 0.15) is 91.4 Å². The van der Waals surface area contributed by atoms with Crippen LogP contribution in [0, 0.1) is 46.3 Å². The molecular weight excluding hydrogens is 458 g/mol. The molecule has 36 heavy (non-hydrogen) atoms. The molecule has 4 saturated carbocycles. The van der Waals surface area contributed by atoms with Crippen LogP contribution in [-0.4, -0.2) is 68.1 Å². The molecule has 4 N–H and O–H groups in total. The van der Waals surface area contributed by atoms with E-state index in [1.807, 2.05) is 0 Å². The number of β-amino-alcohol motifs (C(OH)–C–C–N with tert-alkyl or cyclic N) is 1. The van der Waals surface area contributed by atoms with Crippen LogP contribution in [0.3, 0.4) is 0 Å². The molecular formula is C29H47NO6. The Hall–Kier alpha value is -1.18. The molecule has 0 aromatic heterocycles. The topological polar surface area (TPSA) is 118 Å². The van der Waals surface area contributed by atoms with Gasteiger partial charge in [0.2, 0.25) is 5.91 Å². The zero-order chi connectivity index (χ0) is 26.0. The van der Waals surface area contributed by atoms with Gasteiger partial charge >= 0.3 is 5.97 Å². The first-order chi connectivity index (χ1) is 17.0. The third-order valence-electron chi connectivity index (χ3n) is 12.1. The molecule has 0 aromatic rings. The van der Waals surface area contributed by atoms with Crippen LogP contribution in [0.5, 0.6) is 0 Å². The van der Waals surface area contributed by atoms with Crippen molar-refractivity contribution in [3.05, 3.63) is 0 Å². The van der Waals surface area contributed by atoms with E-state index in [0.717, 1.165) is 51.4 Å². The maximum absolute atomic E-state index is 12.9. The van der Waals surface area contributed by atoms with Crippen molar-refractivity contribution in [1.29, 1.82) is 0 Å². The van der Waals surface area contributed by atoms with Crippen molar-refractivity contribution in [3.63, 3.8) is 0 Å². The molecule has 204 valence electrons. The van der Waals surface area contributed by atoms with Crippen LogP contribution in [0.15, 0.2) is 0 Å². The Morgan fingerprint density at radius 1 is 0.917 bits per heavy atom. The zero-order valence-electron chi connectivity index (χ0n) is 22.3. The van der Waals surface area contributed by atoms with Crippen LogP contribution < -0.4 is 0 Å². The second-order valence-electron chi connectivity index (χ2n) is 13.8. The summed E-state index contributed by atoms with van der Waals surface area (Å²) in [6, 6.07) is -0.912. The maximum Gasteiger partial charge on any atom is 0.326 e. The zero-order valence-corrected chi connectivity index (χ0v) is 22.3. The number of hydrogen-bond donors (Lipinski definition) is 4. The number of aliphatic hydroxyl groups is 3. The van der Waals surface area contributed by atoms with Crippen molar-refractivity contribution in [3.8, 4) is 0 Å². The van der Waals surface area contributed by atoms with Crippen LogP contribution in [0.2, 0.25) is 0 Å². The van der Waals surface area contributed by atoms with Gasteiger partial charge in [-0.15, -0.1) is 0 Å². The van der Waals surface area contributed by atoms with Gasteiger partial charge in [0.25, 0.3) is 0 Å². The summed E-state index contributed by atoms with van der Waals surface area (Å²) >= 11 is 0. The summed E-state index contributed by atoms with van der Waals surface area (Å²) in [6.45, 7) is 7.25. The minimum absolute atomic E-state index is 0.114. The van der Waals surface area contributed by atoms with Crippen LogP contribution >= 0.6 is 0 Å². The highest BCUT2D eigenvalue weighted by Crippen LogP contribution is 2.68. The number of carboxylic acids is 1. The lowest BCUT2D eigenvalue weighted by molar-refractivity contribution is -0.174. The number of fused-ring (bicyclic) bond motifs is 5. The first kappa shape index (κ1) is 26.4. The lowest BCUT2D eigenvalue weighted by Gasteiger charge is -2.62. The number of amides is 1. The number of carbonyl (C=O) groups excluding carboxylic acids is 1. The molecule has 7 heteroatoms. The fraction of sp³-hybridized carbons (Fsp3) is 0.931. The van der Waals surface area contributed by atoms with Crippen LogP contribution in [0.25, 0.3) is 0 Å². The van der Waals surface area contributed by atoms with E-state index in [0.29, 0.717) is 41.9 Å². The van der Waals surface area contributed by atoms with E-state index >= 15 is 0 Å². The van der Waals surface area contributed by atoms with Crippen molar-refractivity contribution in [1.82, 2.24) is 4.90 Å². The molecule has 5 aliphatic rings. The smallest absolute Gasteiger partial charge is 0.326 e. The number of aliphatic hydroxyl groups excluding tert-OH is 3. The van der Waals surface area contributed by atoms with E-state index in [2.05, 4.69) is 20.8 Å². The van der Waals surface area contributed by atoms with E-state index < -0.39 is 18.1 Å². The lowest BCUT2D eigenvalue weighted by Crippen LogP contribution is -2.58. The van der Waals surface area contributed by atoms with E-state index in [9.17, 15) is 30.0 Å². The molecule has 4 aliphatic carbocycles. The Bertz CT molecular complexity index is 865. The number of carbonyl (C=O) groups is 2. The highest BCUT2D eigenvalue weighted by Gasteiger charge is 2.62.